The highest BCUT2D eigenvalue weighted by Crippen LogP contribution is 2.32. The van der Waals surface area contributed by atoms with Crippen LogP contribution in [-0.4, -0.2) is 36.7 Å². The number of carbonyl (C=O) groups excluding carboxylic acids is 2. The number of hydrogen-bond acceptors (Lipinski definition) is 6. The molecular weight excluding hydrogens is 394 g/mol. The maximum absolute atomic E-state index is 12.3. The Kier molecular flexibility index (Phi) is 6.39. The molecule has 1 heterocycles. The molecule has 0 atom stereocenters. The molecule has 6 heteroatoms. The van der Waals surface area contributed by atoms with Gasteiger partial charge in [-0.3, -0.25) is 4.98 Å². The van der Waals surface area contributed by atoms with Crippen molar-refractivity contribution in [1.82, 2.24) is 4.98 Å². The average molecular weight is 419 g/mol. The summed E-state index contributed by atoms with van der Waals surface area (Å²) < 4.78 is 15.5. The molecule has 0 N–H and O–H groups in total. The summed E-state index contributed by atoms with van der Waals surface area (Å²) in [7, 11) is 2.94. The fraction of sp³-hybridized carbons (Fsp3) is 0.240. The van der Waals surface area contributed by atoms with Gasteiger partial charge in [0.1, 0.15) is 11.4 Å². The SMILES string of the molecule is COC(=O)c1cnc(-c2ccc(OC)cc2)c(-c2ccc(C(=O)OC(C)(C)C)cc2)c1. The van der Waals surface area contributed by atoms with Gasteiger partial charge in [0.2, 0.25) is 0 Å². The number of rotatable bonds is 5. The second-order valence-electron chi connectivity index (χ2n) is 7.92. The number of carbonyl (C=O) groups is 2. The van der Waals surface area contributed by atoms with E-state index in [2.05, 4.69) is 4.98 Å². The second-order valence-corrected chi connectivity index (χ2v) is 7.92. The monoisotopic (exact) mass is 419 g/mol. The number of esters is 2. The Hall–Kier alpha value is -3.67. The maximum atomic E-state index is 12.3. The highest BCUT2D eigenvalue weighted by molar-refractivity contribution is 5.94. The van der Waals surface area contributed by atoms with Crippen molar-refractivity contribution >= 4 is 11.9 Å². The zero-order chi connectivity index (χ0) is 22.6. The molecule has 160 valence electrons. The molecule has 3 rings (SSSR count). The quantitative estimate of drug-likeness (QED) is 0.532. The molecule has 1 aromatic heterocycles. The number of ether oxygens (including phenoxy) is 3. The summed E-state index contributed by atoms with van der Waals surface area (Å²) in [4.78, 5) is 28.9. The molecule has 0 aliphatic carbocycles. The first-order valence-corrected chi connectivity index (χ1v) is 9.78. The van der Waals surface area contributed by atoms with Crippen molar-refractivity contribution in [3.8, 4) is 28.1 Å². The van der Waals surface area contributed by atoms with Gasteiger partial charge in [0, 0.05) is 17.3 Å². The molecular formula is C25H25NO5. The molecule has 2 aromatic carbocycles. The minimum Gasteiger partial charge on any atom is -0.497 e. The number of aromatic nitrogens is 1. The maximum Gasteiger partial charge on any atom is 0.339 e. The number of benzene rings is 2. The van der Waals surface area contributed by atoms with E-state index in [1.807, 2.05) is 57.2 Å². The Labute approximate surface area is 181 Å². The lowest BCUT2D eigenvalue weighted by Gasteiger charge is -2.19. The van der Waals surface area contributed by atoms with Crippen LogP contribution in [0.25, 0.3) is 22.4 Å². The Morgan fingerprint density at radius 1 is 0.806 bits per heavy atom. The van der Waals surface area contributed by atoms with Gasteiger partial charge in [0.25, 0.3) is 0 Å². The minimum absolute atomic E-state index is 0.339. The zero-order valence-corrected chi connectivity index (χ0v) is 18.3. The molecule has 0 spiro atoms. The lowest BCUT2D eigenvalue weighted by Crippen LogP contribution is -2.23. The van der Waals surface area contributed by atoms with E-state index in [1.54, 1.807) is 25.3 Å². The first kappa shape index (κ1) is 22.0. The first-order valence-electron chi connectivity index (χ1n) is 9.78. The van der Waals surface area contributed by atoms with Crippen molar-refractivity contribution in [2.75, 3.05) is 14.2 Å². The molecule has 0 amide bonds. The van der Waals surface area contributed by atoms with E-state index < -0.39 is 17.5 Å². The van der Waals surface area contributed by atoms with Gasteiger partial charge in [0.05, 0.1) is 31.0 Å². The van der Waals surface area contributed by atoms with Crippen molar-refractivity contribution < 1.29 is 23.8 Å². The van der Waals surface area contributed by atoms with Gasteiger partial charge in [-0.05, 0) is 68.8 Å². The van der Waals surface area contributed by atoms with E-state index in [0.29, 0.717) is 16.8 Å². The van der Waals surface area contributed by atoms with Crippen molar-refractivity contribution in [2.24, 2.45) is 0 Å². The van der Waals surface area contributed by atoms with Gasteiger partial charge in [-0.15, -0.1) is 0 Å². The Balaban J connectivity index is 2.04. The highest BCUT2D eigenvalue weighted by Gasteiger charge is 2.19. The van der Waals surface area contributed by atoms with Crippen LogP contribution in [0.1, 0.15) is 41.5 Å². The Morgan fingerprint density at radius 2 is 1.42 bits per heavy atom. The number of nitrogens with zero attached hydrogens (tertiary/aromatic N) is 1. The van der Waals surface area contributed by atoms with Crippen LogP contribution in [0.2, 0.25) is 0 Å². The summed E-state index contributed by atoms with van der Waals surface area (Å²) in [6.07, 6.45) is 1.49. The van der Waals surface area contributed by atoms with Crippen molar-refractivity contribution in [3.05, 3.63) is 71.9 Å². The fourth-order valence-electron chi connectivity index (χ4n) is 3.02. The number of pyridine rings is 1. The normalized spacial score (nSPS) is 11.0. The molecule has 0 aliphatic rings. The molecule has 31 heavy (non-hydrogen) atoms. The molecule has 0 saturated heterocycles. The summed E-state index contributed by atoms with van der Waals surface area (Å²) in [6, 6.07) is 16.3. The van der Waals surface area contributed by atoms with Crippen LogP contribution in [-0.2, 0) is 9.47 Å². The summed E-state index contributed by atoms with van der Waals surface area (Å²) in [5, 5.41) is 0. The van der Waals surface area contributed by atoms with E-state index in [1.165, 1.54) is 13.3 Å². The number of methoxy groups -OCH3 is 2. The molecule has 6 nitrogen and oxygen atoms in total. The van der Waals surface area contributed by atoms with E-state index in [-0.39, 0.29) is 0 Å². The van der Waals surface area contributed by atoms with E-state index >= 15 is 0 Å². The molecule has 0 fully saturated rings. The molecule has 0 aliphatic heterocycles. The summed E-state index contributed by atoms with van der Waals surface area (Å²) in [5.74, 6) is -0.130. The van der Waals surface area contributed by atoms with Gasteiger partial charge >= 0.3 is 11.9 Å². The lowest BCUT2D eigenvalue weighted by molar-refractivity contribution is 0.00693. The van der Waals surface area contributed by atoms with Crippen LogP contribution in [0.3, 0.4) is 0 Å². The third-order valence-electron chi connectivity index (χ3n) is 4.50. The standard InChI is InChI=1S/C25H25NO5/c1-25(2,3)31-24(28)18-8-6-16(7-9-18)21-14-19(23(27)30-5)15-26-22(21)17-10-12-20(29-4)13-11-17/h6-15H,1-5H3. The van der Waals surface area contributed by atoms with Crippen LogP contribution in [0.15, 0.2) is 60.8 Å². The molecule has 0 bridgehead atoms. The second kappa shape index (κ2) is 9.00. The van der Waals surface area contributed by atoms with Gasteiger partial charge < -0.3 is 14.2 Å². The predicted molar refractivity (Wildman–Crippen MR) is 118 cm³/mol. The van der Waals surface area contributed by atoms with Gasteiger partial charge in [0.15, 0.2) is 0 Å². The van der Waals surface area contributed by atoms with E-state index in [0.717, 1.165) is 22.4 Å². The molecule has 0 saturated carbocycles. The van der Waals surface area contributed by atoms with Crippen LogP contribution in [0, 0.1) is 0 Å². The molecule has 0 unspecified atom stereocenters. The van der Waals surface area contributed by atoms with Crippen molar-refractivity contribution in [1.29, 1.82) is 0 Å². The summed E-state index contributed by atoms with van der Waals surface area (Å²) >= 11 is 0. The summed E-state index contributed by atoms with van der Waals surface area (Å²) in [5.41, 5.74) is 3.31. The Morgan fingerprint density at radius 3 is 1.97 bits per heavy atom. The van der Waals surface area contributed by atoms with Gasteiger partial charge in [-0.2, -0.15) is 0 Å². The first-order chi connectivity index (χ1) is 14.7. The van der Waals surface area contributed by atoms with Crippen molar-refractivity contribution in [3.63, 3.8) is 0 Å². The van der Waals surface area contributed by atoms with E-state index in [4.69, 9.17) is 14.2 Å². The zero-order valence-electron chi connectivity index (χ0n) is 18.3. The van der Waals surface area contributed by atoms with Crippen LogP contribution >= 0.6 is 0 Å². The predicted octanol–water partition coefficient (Wildman–Crippen LogP) is 5.17. The third kappa shape index (κ3) is 5.28. The molecule has 0 radical (unpaired) electrons. The lowest BCUT2D eigenvalue weighted by atomic mass is 9.97. The number of hydrogen-bond donors (Lipinski definition) is 0. The minimum atomic E-state index is -0.573. The fourth-order valence-corrected chi connectivity index (χ4v) is 3.02. The smallest absolute Gasteiger partial charge is 0.339 e. The average Bonchev–Trinajstić information content (AvgIpc) is 2.77. The third-order valence-corrected chi connectivity index (χ3v) is 4.50. The van der Waals surface area contributed by atoms with Gasteiger partial charge in [-0.25, -0.2) is 9.59 Å². The van der Waals surface area contributed by atoms with E-state index in [9.17, 15) is 9.59 Å². The summed E-state index contributed by atoms with van der Waals surface area (Å²) in [6.45, 7) is 5.47. The molecule has 3 aromatic rings. The van der Waals surface area contributed by atoms with Gasteiger partial charge in [-0.1, -0.05) is 12.1 Å². The van der Waals surface area contributed by atoms with Crippen LogP contribution < -0.4 is 4.74 Å². The largest absolute Gasteiger partial charge is 0.497 e. The van der Waals surface area contributed by atoms with Crippen molar-refractivity contribution in [2.45, 2.75) is 26.4 Å². The Bertz CT molecular complexity index is 1080. The van der Waals surface area contributed by atoms with Crippen LogP contribution in [0.5, 0.6) is 5.75 Å². The highest BCUT2D eigenvalue weighted by atomic mass is 16.6. The topological polar surface area (TPSA) is 74.7 Å². The van der Waals surface area contributed by atoms with Crippen LogP contribution in [0.4, 0.5) is 0 Å².